The van der Waals surface area contributed by atoms with Crippen molar-refractivity contribution in [2.45, 2.75) is 50.7 Å². The Morgan fingerprint density at radius 2 is 1.83 bits per heavy atom. The molecule has 2 aliphatic heterocycles. The maximum atomic E-state index is 13.3. The van der Waals surface area contributed by atoms with Crippen molar-refractivity contribution in [1.29, 1.82) is 0 Å². The van der Waals surface area contributed by atoms with Gasteiger partial charge in [0.25, 0.3) is 5.91 Å². The molecule has 0 bridgehead atoms. The number of nitrogens with one attached hydrogen (secondary N) is 1. The van der Waals surface area contributed by atoms with Gasteiger partial charge in [-0.25, -0.2) is 0 Å². The van der Waals surface area contributed by atoms with Gasteiger partial charge < -0.3 is 19.7 Å². The molecule has 6 nitrogen and oxygen atoms in total. The van der Waals surface area contributed by atoms with Crippen molar-refractivity contribution in [2.75, 3.05) is 6.79 Å². The molecule has 0 unspecified atom stereocenters. The Hall–Kier alpha value is -3.02. The molecule has 1 fully saturated rings. The first-order valence-corrected chi connectivity index (χ1v) is 10.3. The van der Waals surface area contributed by atoms with Crippen molar-refractivity contribution in [3.05, 3.63) is 59.2 Å². The minimum atomic E-state index is -0.606. The van der Waals surface area contributed by atoms with Gasteiger partial charge in [0.15, 0.2) is 11.5 Å². The van der Waals surface area contributed by atoms with E-state index in [-0.39, 0.29) is 24.6 Å². The van der Waals surface area contributed by atoms with Crippen molar-refractivity contribution < 1.29 is 19.1 Å². The first-order chi connectivity index (χ1) is 14.2. The van der Waals surface area contributed by atoms with Crippen molar-refractivity contribution in [3.8, 4) is 11.5 Å². The van der Waals surface area contributed by atoms with Gasteiger partial charge in [0, 0.05) is 18.2 Å². The van der Waals surface area contributed by atoms with E-state index in [1.165, 1.54) is 6.42 Å². The Balaban J connectivity index is 1.42. The monoisotopic (exact) mass is 392 g/mol. The minimum Gasteiger partial charge on any atom is -0.454 e. The van der Waals surface area contributed by atoms with Crippen LogP contribution in [0.1, 0.15) is 59.6 Å². The maximum Gasteiger partial charge on any atom is 0.255 e. The van der Waals surface area contributed by atoms with Gasteiger partial charge in [-0.15, -0.1) is 0 Å². The summed E-state index contributed by atoms with van der Waals surface area (Å²) >= 11 is 0. The van der Waals surface area contributed by atoms with Gasteiger partial charge in [-0.05, 0) is 42.2 Å². The van der Waals surface area contributed by atoms with Crippen LogP contribution in [0.15, 0.2) is 42.5 Å². The van der Waals surface area contributed by atoms with E-state index in [0.717, 1.165) is 36.8 Å². The van der Waals surface area contributed by atoms with Crippen LogP contribution >= 0.6 is 0 Å². The molecule has 5 rings (SSSR count). The molecule has 3 aliphatic rings. The van der Waals surface area contributed by atoms with Crippen molar-refractivity contribution in [1.82, 2.24) is 10.2 Å². The fourth-order valence-electron chi connectivity index (χ4n) is 4.58. The summed E-state index contributed by atoms with van der Waals surface area (Å²) in [6.07, 6.45) is 5.54. The fraction of sp³-hybridized carbons (Fsp3) is 0.391. The third-order valence-corrected chi connectivity index (χ3v) is 6.05. The van der Waals surface area contributed by atoms with Gasteiger partial charge in [0.1, 0.15) is 6.04 Å². The highest BCUT2D eigenvalue weighted by molar-refractivity contribution is 6.04. The largest absolute Gasteiger partial charge is 0.454 e. The SMILES string of the molecule is O=C(NC1CCCCC1)[C@@H]1c2ccccc2C(=O)N1Cc1ccc2c(c1)OCO2. The second-order valence-corrected chi connectivity index (χ2v) is 7.95. The van der Waals surface area contributed by atoms with E-state index < -0.39 is 6.04 Å². The first-order valence-electron chi connectivity index (χ1n) is 10.3. The average Bonchev–Trinajstić information content (AvgIpc) is 3.32. The summed E-state index contributed by atoms with van der Waals surface area (Å²) in [5, 5.41) is 3.20. The molecule has 2 aromatic rings. The molecule has 2 aromatic carbocycles. The number of nitrogens with zero attached hydrogens (tertiary/aromatic N) is 1. The van der Waals surface area contributed by atoms with Gasteiger partial charge in [-0.2, -0.15) is 0 Å². The van der Waals surface area contributed by atoms with Crippen LogP contribution < -0.4 is 14.8 Å². The zero-order chi connectivity index (χ0) is 19.8. The molecule has 1 aliphatic carbocycles. The van der Waals surface area contributed by atoms with Crippen molar-refractivity contribution in [2.24, 2.45) is 0 Å². The van der Waals surface area contributed by atoms with Crippen LogP contribution in [0.25, 0.3) is 0 Å². The summed E-state index contributed by atoms with van der Waals surface area (Å²) in [7, 11) is 0. The third kappa shape index (κ3) is 3.33. The first kappa shape index (κ1) is 18.0. The highest BCUT2D eigenvalue weighted by Crippen LogP contribution is 2.37. The summed E-state index contributed by atoms with van der Waals surface area (Å²) in [6.45, 7) is 0.548. The molecule has 1 saturated carbocycles. The predicted octanol–water partition coefficient (Wildman–Crippen LogP) is 3.56. The highest BCUT2D eigenvalue weighted by Gasteiger charge is 2.41. The Morgan fingerprint density at radius 1 is 1.03 bits per heavy atom. The van der Waals surface area contributed by atoms with Crippen LogP contribution in [0.5, 0.6) is 11.5 Å². The fourth-order valence-corrected chi connectivity index (χ4v) is 4.58. The number of carbonyl (C=O) groups excluding carboxylic acids is 2. The number of fused-ring (bicyclic) bond motifs is 2. The number of carbonyl (C=O) groups is 2. The van der Waals surface area contributed by atoms with Crippen LogP contribution in [-0.4, -0.2) is 29.5 Å². The smallest absolute Gasteiger partial charge is 0.255 e. The Morgan fingerprint density at radius 3 is 2.69 bits per heavy atom. The summed E-state index contributed by atoms with van der Waals surface area (Å²) in [5.74, 6) is 1.18. The lowest BCUT2D eigenvalue weighted by Gasteiger charge is -2.28. The molecular formula is C23H24N2O4. The predicted molar refractivity (Wildman–Crippen MR) is 107 cm³/mol. The molecular weight excluding hydrogens is 368 g/mol. The van der Waals surface area contributed by atoms with E-state index in [1.807, 2.05) is 36.4 Å². The Bertz CT molecular complexity index is 952. The lowest BCUT2D eigenvalue weighted by atomic mass is 9.95. The molecule has 2 amide bonds. The van der Waals surface area contributed by atoms with E-state index in [9.17, 15) is 9.59 Å². The minimum absolute atomic E-state index is 0.0871. The molecule has 1 atom stereocenters. The molecule has 0 spiro atoms. The summed E-state index contributed by atoms with van der Waals surface area (Å²) in [4.78, 5) is 28.1. The number of ether oxygens (including phenoxy) is 2. The molecule has 1 N–H and O–H groups in total. The topological polar surface area (TPSA) is 67.9 Å². The number of benzene rings is 2. The Kier molecular flexibility index (Phi) is 4.62. The van der Waals surface area contributed by atoms with Crippen LogP contribution in [0.4, 0.5) is 0 Å². The lowest BCUT2D eigenvalue weighted by Crippen LogP contribution is -2.43. The zero-order valence-electron chi connectivity index (χ0n) is 16.2. The molecule has 0 saturated heterocycles. The van der Waals surface area contributed by atoms with E-state index in [2.05, 4.69) is 5.32 Å². The van der Waals surface area contributed by atoms with Gasteiger partial charge >= 0.3 is 0 Å². The molecule has 0 aromatic heterocycles. The van der Waals surface area contributed by atoms with Gasteiger partial charge in [-0.3, -0.25) is 9.59 Å². The van der Waals surface area contributed by atoms with Gasteiger partial charge in [-0.1, -0.05) is 43.5 Å². The average molecular weight is 392 g/mol. The van der Waals surface area contributed by atoms with Gasteiger partial charge in [0.2, 0.25) is 12.7 Å². The Labute approximate surface area is 169 Å². The number of rotatable bonds is 4. The zero-order valence-corrected chi connectivity index (χ0v) is 16.2. The van der Waals surface area contributed by atoms with E-state index in [0.29, 0.717) is 23.6 Å². The molecule has 2 heterocycles. The van der Waals surface area contributed by atoms with E-state index >= 15 is 0 Å². The van der Waals surface area contributed by atoms with Crippen molar-refractivity contribution in [3.63, 3.8) is 0 Å². The van der Waals surface area contributed by atoms with Crippen molar-refractivity contribution >= 4 is 11.8 Å². The standard InChI is InChI=1S/C23H24N2O4/c26-22(24-16-6-2-1-3-7-16)21-17-8-4-5-9-18(17)23(27)25(21)13-15-10-11-19-20(12-15)29-14-28-19/h4-5,8-12,16,21H,1-3,6-7,13-14H2,(H,24,26)/t21-/m0/s1. The number of amides is 2. The van der Waals surface area contributed by atoms with E-state index in [1.54, 1.807) is 11.0 Å². The van der Waals surface area contributed by atoms with E-state index in [4.69, 9.17) is 9.47 Å². The lowest BCUT2D eigenvalue weighted by molar-refractivity contribution is -0.126. The summed E-state index contributed by atoms with van der Waals surface area (Å²) in [6, 6.07) is 12.7. The maximum absolute atomic E-state index is 13.3. The molecule has 0 radical (unpaired) electrons. The summed E-state index contributed by atoms with van der Waals surface area (Å²) < 4.78 is 10.8. The van der Waals surface area contributed by atoms with Crippen LogP contribution in [-0.2, 0) is 11.3 Å². The number of hydrogen-bond acceptors (Lipinski definition) is 4. The summed E-state index contributed by atoms with van der Waals surface area (Å²) in [5.41, 5.74) is 2.30. The molecule has 6 heteroatoms. The molecule has 150 valence electrons. The second-order valence-electron chi connectivity index (χ2n) is 7.95. The number of hydrogen-bond donors (Lipinski definition) is 1. The quantitative estimate of drug-likeness (QED) is 0.864. The van der Waals surface area contributed by atoms with Gasteiger partial charge in [0.05, 0.1) is 0 Å². The normalized spacial score (nSPS) is 20.6. The van der Waals surface area contributed by atoms with Crippen LogP contribution in [0, 0.1) is 0 Å². The molecule has 29 heavy (non-hydrogen) atoms. The second kappa shape index (κ2) is 7.43. The third-order valence-electron chi connectivity index (χ3n) is 6.05. The van der Waals surface area contributed by atoms with Crippen LogP contribution in [0.2, 0.25) is 0 Å². The highest BCUT2D eigenvalue weighted by atomic mass is 16.7. The van der Waals surface area contributed by atoms with Crippen LogP contribution in [0.3, 0.4) is 0 Å².